The maximum atomic E-state index is 13.0. The van der Waals surface area contributed by atoms with Crippen molar-refractivity contribution in [2.24, 2.45) is 0 Å². The Hall–Kier alpha value is -2.99. The fourth-order valence-electron chi connectivity index (χ4n) is 3.41. The number of pyridine rings is 2. The van der Waals surface area contributed by atoms with Crippen molar-refractivity contribution in [2.75, 3.05) is 26.2 Å². The SMILES string of the molecule is O=C(c1cc(=O)[nH]c2ccccc12)N1CCN(Cc2cccnc2)CC1. The third-order valence-electron chi connectivity index (χ3n) is 4.77. The fourth-order valence-corrected chi connectivity index (χ4v) is 3.41. The lowest BCUT2D eigenvalue weighted by atomic mass is 10.1. The average molecular weight is 348 g/mol. The Morgan fingerprint density at radius 2 is 1.88 bits per heavy atom. The third-order valence-corrected chi connectivity index (χ3v) is 4.77. The highest BCUT2D eigenvalue weighted by Gasteiger charge is 2.23. The first-order chi connectivity index (χ1) is 12.7. The fraction of sp³-hybridized carbons (Fsp3) is 0.250. The Morgan fingerprint density at radius 1 is 1.08 bits per heavy atom. The van der Waals surface area contributed by atoms with Gasteiger partial charge in [-0.1, -0.05) is 24.3 Å². The van der Waals surface area contributed by atoms with Crippen LogP contribution in [0.3, 0.4) is 0 Å². The van der Waals surface area contributed by atoms with Gasteiger partial charge in [0.2, 0.25) is 5.56 Å². The number of piperazine rings is 1. The monoisotopic (exact) mass is 348 g/mol. The first-order valence-corrected chi connectivity index (χ1v) is 8.73. The number of amides is 1. The van der Waals surface area contributed by atoms with Crippen molar-refractivity contribution in [1.82, 2.24) is 19.8 Å². The lowest BCUT2D eigenvalue weighted by Gasteiger charge is -2.34. The van der Waals surface area contributed by atoms with E-state index >= 15 is 0 Å². The summed E-state index contributed by atoms with van der Waals surface area (Å²) in [5.41, 5.74) is 2.10. The highest BCUT2D eigenvalue weighted by atomic mass is 16.2. The molecule has 0 saturated carbocycles. The zero-order chi connectivity index (χ0) is 17.9. The number of nitrogens with zero attached hydrogens (tertiary/aromatic N) is 3. The van der Waals surface area contributed by atoms with Crippen LogP contribution in [-0.2, 0) is 6.54 Å². The van der Waals surface area contributed by atoms with Gasteiger partial charge in [0.05, 0.1) is 5.56 Å². The number of rotatable bonds is 3. The van der Waals surface area contributed by atoms with Gasteiger partial charge in [-0.15, -0.1) is 0 Å². The molecular weight excluding hydrogens is 328 g/mol. The van der Waals surface area contributed by atoms with Crippen molar-refractivity contribution < 1.29 is 4.79 Å². The minimum atomic E-state index is -0.248. The minimum absolute atomic E-state index is 0.0756. The number of aromatic amines is 1. The molecule has 1 fully saturated rings. The lowest BCUT2D eigenvalue weighted by Crippen LogP contribution is -2.48. The van der Waals surface area contributed by atoms with Crippen LogP contribution in [0.25, 0.3) is 10.9 Å². The summed E-state index contributed by atoms with van der Waals surface area (Å²) in [5, 5.41) is 0.787. The van der Waals surface area contributed by atoms with Gasteiger partial charge in [0.15, 0.2) is 0 Å². The molecule has 6 heteroatoms. The van der Waals surface area contributed by atoms with Crippen molar-refractivity contribution in [2.45, 2.75) is 6.54 Å². The van der Waals surface area contributed by atoms with E-state index in [1.807, 2.05) is 41.4 Å². The summed E-state index contributed by atoms with van der Waals surface area (Å²) in [6.07, 6.45) is 3.64. The van der Waals surface area contributed by atoms with E-state index < -0.39 is 0 Å². The van der Waals surface area contributed by atoms with Gasteiger partial charge in [0.25, 0.3) is 5.91 Å². The summed E-state index contributed by atoms with van der Waals surface area (Å²) in [6, 6.07) is 12.8. The topological polar surface area (TPSA) is 69.3 Å². The first-order valence-electron chi connectivity index (χ1n) is 8.73. The van der Waals surface area contributed by atoms with Crippen LogP contribution in [0.1, 0.15) is 15.9 Å². The highest BCUT2D eigenvalue weighted by Crippen LogP contribution is 2.18. The van der Waals surface area contributed by atoms with E-state index in [-0.39, 0.29) is 11.5 Å². The Morgan fingerprint density at radius 3 is 2.65 bits per heavy atom. The number of benzene rings is 1. The molecule has 132 valence electrons. The molecule has 1 aliphatic heterocycles. The van der Waals surface area contributed by atoms with E-state index in [1.165, 1.54) is 11.6 Å². The van der Waals surface area contributed by atoms with Crippen LogP contribution >= 0.6 is 0 Å². The summed E-state index contributed by atoms with van der Waals surface area (Å²) in [4.78, 5) is 36.0. The van der Waals surface area contributed by atoms with Crippen LogP contribution in [0, 0.1) is 0 Å². The van der Waals surface area contributed by atoms with Crippen molar-refractivity contribution in [3.63, 3.8) is 0 Å². The van der Waals surface area contributed by atoms with Crippen LogP contribution in [-0.4, -0.2) is 51.9 Å². The van der Waals surface area contributed by atoms with Gasteiger partial charge in [0, 0.05) is 62.1 Å². The summed E-state index contributed by atoms with van der Waals surface area (Å²) >= 11 is 0. The predicted octanol–water partition coefficient (Wildman–Crippen LogP) is 1.88. The van der Waals surface area contributed by atoms with Crippen LogP contribution in [0.15, 0.2) is 59.7 Å². The molecule has 0 spiro atoms. The largest absolute Gasteiger partial charge is 0.336 e. The van der Waals surface area contributed by atoms with E-state index in [1.54, 1.807) is 6.20 Å². The molecule has 0 bridgehead atoms. The van der Waals surface area contributed by atoms with E-state index in [0.717, 1.165) is 25.0 Å². The van der Waals surface area contributed by atoms with Gasteiger partial charge < -0.3 is 9.88 Å². The maximum absolute atomic E-state index is 13.0. The molecule has 1 saturated heterocycles. The number of nitrogens with one attached hydrogen (secondary N) is 1. The Kier molecular flexibility index (Phi) is 4.50. The van der Waals surface area contributed by atoms with Gasteiger partial charge in [-0.05, 0) is 17.7 Å². The Balaban J connectivity index is 1.48. The maximum Gasteiger partial charge on any atom is 0.254 e. The summed E-state index contributed by atoms with van der Waals surface area (Å²) in [5.74, 6) is -0.0756. The molecule has 3 aromatic rings. The van der Waals surface area contributed by atoms with Gasteiger partial charge >= 0.3 is 0 Å². The van der Waals surface area contributed by atoms with Gasteiger partial charge in [-0.2, -0.15) is 0 Å². The van der Waals surface area contributed by atoms with Crippen molar-refractivity contribution in [3.05, 3.63) is 76.3 Å². The van der Waals surface area contributed by atoms with E-state index in [0.29, 0.717) is 24.2 Å². The normalized spacial score (nSPS) is 15.3. The number of hydrogen-bond acceptors (Lipinski definition) is 4. The molecule has 26 heavy (non-hydrogen) atoms. The molecule has 1 amide bonds. The predicted molar refractivity (Wildman–Crippen MR) is 100.0 cm³/mol. The van der Waals surface area contributed by atoms with Crippen LogP contribution in [0.4, 0.5) is 0 Å². The van der Waals surface area contributed by atoms with Crippen LogP contribution < -0.4 is 5.56 Å². The molecule has 0 radical (unpaired) electrons. The molecule has 1 aromatic carbocycles. The second kappa shape index (κ2) is 7.09. The summed E-state index contributed by atoms with van der Waals surface area (Å²) in [6.45, 7) is 3.76. The number of para-hydroxylation sites is 1. The number of carbonyl (C=O) groups is 1. The number of aromatic nitrogens is 2. The highest BCUT2D eigenvalue weighted by molar-refractivity contribution is 6.05. The van der Waals surface area contributed by atoms with Crippen LogP contribution in [0.5, 0.6) is 0 Å². The van der Waals surface area contributed by atoms with Gasteiger partial charge in [0.1, 0.15) is 0 Å². The van der Waals surface area contributed by atoms with Gasteiger partial charge in [-0.25, -0.2) is 0 Å². The molecule has 0 unspecified atom stereocenters. The second-order valence-corrected chi connectivity index (χ2v) is 6.52. The van der Waals surface area contributed by atoms with Crippen molar-refractivity contribution >= 4 is 16.8 Å². The smallest absolute Gasteiger partial charge is 0.254 e. The molecule has 6 nitrogen and oxygen atoms in total. The summed E-state index contributed by atoms with van der Waals surface area (Å²) in [7, 11) is 0. The number of fused-ring (bicyclic) bond motifs is 1. The molecule has 2 aromatic heterocycles. The molecular formula is C20H20N4O2. The van der Waals surface area contributed by atoms with E-state index in [9.17, 15) is 9.59 Å². The summed E-state index contributed by atoms with van der Waals surface area (Å²) < 4.78 is 0. The number of H-pyrrole nitrogens is 1. The van der Waals surface area contributed by atoms with Crippen molar-refractivity contribution in [1.29, 1.82) is 0 Å². The lowest BCUT2D eigenvalue weighted by molar-refractivity contribution is 0.0630. The Bertz CT molecular complexity index is 976. The molecule has 3 heterocycles. The number of hydrogen-bond donors (Lipinski definition) is 1. The molecule has 4 rings (SSSR count). The average Bonchev–Trinajstić information content (AvgIpc) is 2.68. The van der Waals surface area contributed by atoms with Crippen molar-refractivity contribution in [3.8, 4) is 0 Å². The molecule has 0 aliphatic carbocycles. The first kappa shape index (κ1) is 16.5. The standard InChI is InChI=1S/C20H20N4O2/c25-19-12-17(16-5-1-2-6-18(16)22-19)20(26)24-10-8-23(9-11-24)14-15-4-3-7-21-13-15/h1-7,12-13H,8-11,14H2,(H,22,25). The minimum Gasteiger partial charge on any atom is -0.336 e. The molecule has 0 atom stereocenters. The third kappa shape index (κ3) is 3.36. The van der Waals surface area contributed by atoms with Gasteiger partial charge in [-0.3, -0.25) is 19.5 Å². The van der Waals surface area contributed by atoms with E-state index in [2.05, 4.69) is 20.9 Å². The van der Waals surface area contributed by atoms with Crippen LogP contribution in [0.2, 0.25) is 0 Å². The zero-order valence-electron chi connectivity index (χ0n) is 14.4. The van der Waals surface area contributed by atoms with E-state index in [4.69, 9.17) is 0 Å². The number of carbonyl (C=O) groups excluding carboxylic acids is 1. The second-order valence-electron chi connectivity index (χ2n) is 6.52. The molecule has 1 N–H and O–H groups in total. The quantitative estimate of drug-likeness (QED) is 0.785. The Labute approximate surface area is 151 Å². The molecule has 1 aliphatic rings. The zero-order valence-corrected chi connectivity index (χ0v) is 14.4.